The number of aliphatic hydroxyl groups is 3. The Morgan fingerprint density at radius 3 is 1.55 bits per heavy atom. The molecular formula is C18H29NO3. The molecule has 0 aliphatic rings. The summed E-state index contributed by atoms with van der Waals surface area (Å²) in [5.74, 6) is 0. The van der Waals surface area contributed by atoms with Gasteiger partial charge in [-0.15, -0.1) is 0 Å². The lowest BCUT2D eigenvalue weighted by atomic mass is 10.2. The van der Waals surface area contributed by atoms with Crippen LogP contribution in [-0.2, 0) is 0 Å². The largest absolute Gasteiger partial charge is 0.379 e. The van der Waals surface area contributed by atoms with E-state index in [1.165, 1.54) is 0 Å². The normalized spacial score (nSPS) is 13.1. The van der Waals surface area contributed by atoms with Crippen LogP contribution in [0.25, 0.3) is 0 Å². The average Bonchev–Trinajstić information content (AvgIpc) is 2.46. The predicted octanol–water partition coefficient (Wildman–Crippen LogP) is 2.72. The molecule has 5 N–H and O–H groups in total. The number of aliphatic hydroxyl groups excluding tert-OH is 2. The summed E-state index contributed by atoms with van der Waals surface area (Å²) in [5.41, 5.74) is 5.12. The smallest absolute Gasteiger partial charge is 0.151 e. The van der Waals surface area contributed by atoms with Crippen molar-refractivity contribution in [2.45, 2.75) is 38.2 Å². The molecule has 22 heavy (non-hydrogen) atoms. The second kappa shape index (κ2) is 19.3. The van der Waals surface area contributed by atoms with Crippen molar-refractivity contribution in [1.29, 1.82) is 0 Å². The van der Waals surface area contributed by atoms with Crippen LogP contribution in [0.3, 0.4) is 0 Å². The zero-order chi connectivity index (χ0) is 17.1. The maximum absolute atomic E-state index is 8.66. The number of rotatable bonds is 10. The molecule has 0 aromatic carbocycles. The van der Waals surface area contributed by atoms with Crippen LogP contribution in [0.2, 0.25) is 0 Å². The highest BCUT2D eigenvalue weighted by Crippen LogP contribution is 1.94. The number of hydrogen-bond donors (Lipinski definition) is 4. The van der Waals surface area contributed by atoms with Crippen molar-refractivity contribution in [3.63, 3.8) is 0 Å². The van der Waals surface area contributed by atoms with Gasteiger partial charge in [-0.3, -0.25) is 0 Å². The van der Waals surface area contributed by atoms with Crippen molar-refractivity contribution in [3.05, 3.63) is 73.9 Å². The third kappa shape index (κ3) is 26.8. The fraction of sp³-hybridized carbons (Fsp3) is 0.333. The third-order valence-electron chi connectivity index (χ3n) is 2.21. The van der Waals surface area contributed by atoms with E-state index in [2.05, 4.69) is 13.2 Å². The van der Waals surface area contributed by atoms with Gasteiger partial charge in [-0.25, -0.2) is 0 Å². The molecule has 4 heteroatoms. The zero-order valence-electron chi connectivity index (χ0n) is 13.1. The molecule has 0 fully saturated rings. The first-order valence-corrected chi connectivity index (χ1v) is 7.22. The van der Waals surface area contributed by atoms with E-state index in [9.17, 15) is 0 Å². The highest BCUT2D eigenvalue weighted by Gasteiger charge is 1.91. The lowest BCUT2D eigenvalue weighted by Gasteiger charge is -1.97. The molecule has 1 unspecified atom stereocenters. The maximum Gasteiger partial charge on any atom is 0.151 e. The van der Waals surface area contributed by atoms with E-state index >= 15 is 0 Å². The molecule has 0 spiro atoms. The summed E-state index contributed by atoms with van der Waals surface area (Å²) in [6.07, 6.45) is 19.0. The van der Waals surface area contributed by atoms with Crippen molar-refractivity contribution in [2.24, 2.45) is 5.73 Å². The van der Waals surface area contributed by atoms with Gasteiger partial charge in [-0.05, 0) is 19.3 Å². The Kier molecular flexibility index (Phi) is 19.8. The summed E-state index contributed by atoms with van der Waals surface area (Å²) in [6, 6.07) is 0. The van der Waals surface area contributed by atoms with Gasteiger partial charge >= 0.3 is 0 Å². The van der Waals surface area contributed by atoms with Crippen molar-refractivity contribution >= 4 is 0 Å². The van der Waals surface area contributed by atoms with Gasteiger partial charge < -0.3 is 21.1 Å². The summed E-state index contributed by atoms with van der Waals surface area (Å²) >= 11 is 0. The molecule has 124 valence electrons. The zero-order valence-corrected chi connectivity index (χ0v) is 13.1. The highest BCUT2D eigenvalue weighted by atomic mass is 16.5. The molecule has 0 radical (unpaired) electrons. The van der Waals surface area contributed by atoms with Crippen LogP contribution in [0, 0.1) is 0 Å². The molecule has 4 nitrogen and oxygen atoms in total. The van der Waals surface area contributed by atoms with E-state index < -0.39 is 12.5 Å². The molecule has 0 bridgehead atoms. The van der Waals surface area contributed by atoms with Gasteiger partial charge in [0.1, 0.15) is 6.23 Å². The van der Waals surface area contributed by atoms with Crippen LogP contribution < -0.4 is 5.73 Å². The number of allylic oxidation sites excluding steroid dienone is 10. The predicted molar refractivity (Wildman–Crippen MR) is 93.8 cm³/mol. The molecule has 0 heterocycles. The number of hydrogen-bond acceptors (Lipinski definition) is 4. The van der Waals surface area contributed by atoms with Crippen LogP contribution in [-0.4, -0.2) is 27.8 Å². The molecule has 0 aliphatic heterocycles. The SMILES string of the molecule is C=C/C=C\C=C\CCC(N)O.C=C/C=C\C=C\CCC(O)O. The molecule has 0 saturated carbocycles. The van der Waals surface area contributed by atoms with Crippen LogP contribution in [0.15, 0.2) is 73.9 Å². The lowest BCUT2D eigenvalue weighted by molar-refractivity contribution is -0.0442. The fourth-order valence-corrected chi connectivity index (χ4v) is 1.15. The van der Waals surface area contributed by atoms with E-state index in [1.807, 2.05) is 48.6 Å². The minimum Gasteiger partial charge on any atom is -0.379 e. The van der Waals surface area contributed by atoms with Gasteiger partial charge in [0.2, 0.25) is 0 Å². The van der Waals surface area contributed by atoms with Gasteiger partial charge in [0.25, 0.3) is 0 Å². The molecule has 0 amide bonds. The molecular weight excluding hydrogens is 278 g/mol. The van der Waals surface area contributed by atoms with Crippen LogP contribution in [0.5, 0.6) is 0 Å². The average molecular weight is 307 g/mol. The van der Waals surface area contributed by atoms with Crippen molar-refractivity contribution < 1.29 is 15.3 Å². The monoisotopic (exact) mass is 307 g/mol. The second-order valence-corrected chi connectivity index (χ2v) is 4.30. The first-order valence-electron chi connectivity index (χ1n) is 7.22. The summed E-state index contributed by atoms with van der Waals surface area (Å²) in [5, 5.41) is 25.5. The Bertz CT molecular complexity index is 331. The van der Waals surface area contributed by atoms with E-state index in [1.54, 1.807) is 12.2 Å². The minimum absolute atomic E-state index is 0.387. The van der Waals surface area contributed by atoms with Gasteiger partial charge in [-0.2, -0.15) is 0 Å². The molecule has 0 aliphatic carbocycles. The van der Waals surface area contributed by atoms with Gasteiger partial charge in [0.15, 0.2) is 6.29 Å². The van der Waals surface area contributed by atoms with Crippen molar-refractivity contribution in [2.75, 3.05) is 0 Å². The first-order chi connectivity index (χ1) is 10.5. The first kappa shape index (κ1) is 22.6. The van der Waals surface area contributed by atoms with Gasteiger partial charge in [0, 0.05) is 6.42 Å². The van der Waals surface area contributed by atoms with Crippen LogP contribution in [0.1, 0.15) is 25.7 Å². The molecule has 0 saturated heterocycles. The fourth-order valence-electron chi connectivity index (χ4n) is 1.15. The van der Waals surface area contributed by atoms with E-state index in [0.717, 1.165) is 6.42 Å². The van der Waals surface area contributed by atoms with Gasteiger partial charge in [-0.1, -0.05) is 73.9 Å². The highest BCUT2D eigenvalue weighted by molar-refractivity contribution is 5.09. The lowest BCUT2D eigenvalue weighted by Crippen LogP contribution is -2.17. The standard InChI is InChI=1S/C9H15NO.C9H14O2/c2*1-2-3-4-5-6-7-8-9(10)11/h2-6,9,11H,1,7-8,10H2;2-6,9-11H,1,7-8H2/b2*4-3-,6-5+. The molecule has 0 aromatic rings. The van der Waals surface area contributed by atoms with Crippen LogP contribution >= 0.6 is 0 Å². The Balaban J connectivity index is 0. The van der Waals surface area contributed by atoms with E-state index in [-0.39, 0.29) is 0 Å². The molecule has 1 atom stereocenters. The quantitative estimate of drug-likeness (QED) is 0.369. The molecule has 0 rings (SSSR count). The topological polar surface area (TPSA) is 86.7 Å². The summed E-state index contributed by atoms with van der Waals surface area (Å²) < 4.78 is 0. The second-order valence-electron chi connectivity index (χ2n) is 4.30. The van der Waals surface area contributed by atoms with E-state index in [4.69, 9.17) is 21.1 Å². The Labute approximate surface area is 134 Å². The Morgan fingerprint density at radius 2 is 1.18 bits per heavy atom. The van der Waals surface area contributed by atoms with Crippen molar-refractivity contribution in [3.8, 4) is 0 Å². The van der Waals surface area contributed by atoms with Gasteiger partial charge in [0.05, 0.1) is 0 Å². The molecule has 0 aromatic heterocycles. The third-order valence-corrected chi connectivity index (χ3v) is 2.21. The van der Waals surface area contributed by atoms with Crippen LogP contribution in [0.4, 0.5) is 0 Å². The Hall–Kier alpha value is -1.72. The Morgan fingerprint density at radius 1 is 0.727 bits per heavy atom. The summed E-state index contributed by atoms with van der Waals surface area (Å²) in [6.45, 7) is 7.03. The number of nitrogens with two attached hydrogens (primary N) is 1. The summed E-state index contributed by atoms with van der Waals surface area (Å²) in [4.78, 5) is 0. The van der Waals surface area contributed by atoms with Crippen molar-refractivity contribution in [1.82, 2.24) is 0 Å². The van der Waals surface area contributed by atoms with E-state index in [0.29, 0.717) is 19.3 Å². The maximum atomic E-state index is 8.66. The summed E-state index contributed by atoms with van der Waals surface area (Å²) in [7, 11) is 0. The minimum atomic E-state index is -1.19.